The van der Waals surface area contributed by atoms with Crippen LogP contribution >= 0.6 is 0 Å². The van der Waals surface area contributed by atoms with Crippen molar-refractivity contribution in [3.8, 4) is 0 Å². The summed E-state index contributed by atoms with van der Waals surface area (Å²) in [5.41, 5.74) is 0. The maximum absolute atomic E-state index is 11.8. The van der Waals surface area contributed by atoms with Crippen LogP contribution in [-0.2, 0) is 0 Å². The molecule has 1 rings (SSSR count). The molecule has 1 heterocycles. The lowest BCUT2D eigenvalue weighted by atomic mass is 10.3. The first-order valence-corrected chi connectivity index (χ1v) is 2.97. The van der Waals surface area contributed by atoms with Gasteiger partial charge in [-0.1, -0.05) is 0 Å². The van der Waals surface area contributed by atoms with Crippen LogP contribution < -0.4 is 0 Å². The zero-order valence-electron chi connectivity index (χ0n) is 5.48. The average Bonchev–Trinajstić information content (AvgIpc) is 2.32. The van der Waals surface area contributed by atoms with Crippen LogP contribution in [0.2, 0.25) is 0 Å². The predicted molar refractivity (Wildman–Crippen MR) is 31.0 cm³/mol. The third-order valence-corrected chi connectivity index (χ3v) is 1.33. The molecule has 0 bridgehead atoms. The molecular weight excluding hydrogens is 164 g/mol. The van der Waals surface area contributed by atoms with E-state index in [1.807, 2.05) is 0 Å². The molecule has 0 saturated heterocycles. The number of rotatable bonds is 1. The number of hydrogen-bond acceptors (Lipinski definition) is 2. The van der Waals surface area contributed by atoms with Gasteiger partial charge in [-0.2, -0.15) is 13.2 Å². The number of alkyl halides is 4. The lowest BCUT2D eigenvalue weighted by Gasteiger charge is -2.17. The fourth-order valence-corrected chi connectivity index (χ4v) is 0.754. The molecule has 1 aliphatic heterocycles. The quantitative estimate of drug-likeness (QED) is 0.426. The van der Waals surface area contributed by atoms with Gasteiger partial charge in [0.2, 0.25) is 0 Å². The zero-order valence-corrected chi connectivity index (χ0v) is 5.48. The molecule has 1 unspecified atom stereocenters. The van der Waals surface area contributed by atoms with Gasteiger partial charge in [0.05, 0.1) is 18.9 Å². The highest BCUT2D eigenvalue weighted by atomic mass is 19.4. The highest BCUT2D eigenvalue weighted by molar-refractivity contribution is 5.58. The number of nitrogens with zero attached hydrogens (tertiary/aromatic N) is 2. The van der Waals surface area contributed by atoms with Crippen LogP contribution in [0.4, 0.5) is 17.6 Å². The third kappa shape index (κ3) is 1.81. The molecule has 1 atom stereocenters. The standard InChI is InChI=1S/C5H6F4N2/c6-1-4-2-11(3-10-4)5(7,8)9/h3-4H,1-2H2. The number of aliphatic imine (C=N–C) groups is 1. The van der Waals surface area contributed by atoms with Gasteiger partial charge < -0.3 is 0 Å². The van der Waals surface area contributed by atoms with Crippen LogP contribution in [0.25, 0.3) is 0 Å². The molecule has 0 saturated carbocycles. The predicted octanol–water partition coefficient (Wildman–Crippen LogP) is 1.19. The summed E-state index contributed by atoms with van der Waals surface area (Å²) in [4.78, 5) is 3.37. The van der Waals surface area contributed by atoms with Crippen LogP contribution in [0, 0.1) is 0 Å². The van der Waals surface area contributed by atoms with E-state index in [0.29, 0.717) is 6.34 Å². The highest BCUT2D eigenvalue weighted by Crippen LogP contribution is 2.22. The van der Waals surface area contributed by atoms with E-state index in [1.165, 1.54) is 0 Å². The van der Waals surface area contributed by atoms with E-state index < -0.39 is 25.6 Å². The van der Waals surface area contributed by atoms with Gasteiger partial charge in [0.1, 0.15) is 6.67 Å². The van der Waals surface area contributed by atoms with Crippen LogP contribution in [0.15, 0.2) is 4.99 Å². The molecule has 0 amide bonds. The Morgan fingerprint density at radius 2 is 2.18 bits per heavy atom. The van der Waals surface area contributed by atoms with Crippen molar-refractivity contribution in [2.75, 3.05) is 13.2 Å². The summed E-state index contributed by atoms with van der Waals surface area (Å²) in [5, 5.41) is 0. The monoisotopic (exact) mass is 170 g/mol. The Bertz CT molecular complexity index is 164. The third-order valence-electron chi connectivity index (χ3n) is 1.33. The van der Waals surface area contributed by atoms with Gasteiger partial charge >= 0.3 is 6.30 Å². The Morgan fingerprint density at radius 1 is 1.55 bits per heavy atom. The first kappa shape index (κ1) is 8.29. The second kappa shape index (κ2) is 2.67. The van der Waals surface area contributed by atoms with Crippen LogP contribution in [-0.4, -0.2) is 36.8 Å². The van der Waals surface area contributed by atoms with E-state index in [-0.39, 0.29) is 4.90 Å². The summed E-state index contributed by atoms with van der Waals surface area (Å²) < 4.78 is 47.1. The number of hydrogen-bond donors (Lipinski definition) is 0. The van der Waals surface area contributed by atoms with E-state index >= 15 is 0 Å². The molecule has 0 aromatic carbocycles. The average molecular weight is 170 g/mol. The van der Waals surface area contributed by atoms with Crippen molar-refractivity contribution >= 4 is 6.34 Å². The molecule has 11 heavy (non-hydrogen) atoms. The van der Waals surface area contributed by atoms with Crippen molar-refractivity contribution in [1.29, 1.82) is 0 Å². The van der Waals surface area contributed by atoms with Gasteiger partial charge in [0.15, 0.2) is 0 Å². The molecule has 1 aliphatic rings. The van der Waals surface area contributed by atoms with Gasteiger partial charge in [-0.25, -0.2) is 4.39 Å². The molecule has 64 valence electrons. The number of halogens is 4. The molecule has 2 nitrogen and oxygen atoms in total. The van der Waals surface area contributed by atoms with Gasteiger partial charge in [0, 0.05) is 0 Å². The van der Waals surface area contributed by atoms with E-state index in [1.54, 1.807) is 0 Å². The van der Waals surface area contributed by atoms with E-state index in [0.717, 1.165) is 0 Å². The molecule has 0 aromatic rings. The Labute approximate surface area is 60.5 Å². The summed E-state index contributed by atoms with van der Waals surface area (Å²) in [5.74, 6) is 0. The fourth-order valence-electron chi connectivity index (χ4n) is 0.754. The Morgan fingerprint density at radius 3 is 2.45 bits per heavy atom. The van der Waals surface area contributed by atoms with Crippen molar-refractivity contribution in [2.45, 2.75) is 12.3 Å². The molecule has 6 heteroatoms. The smallest absolute Gasteiger partial charge is 0.272 e. The van der Waals surface area contributed by atoms with Gasteiger partial charge in [-0.15, -0.1) is 0 Å². The largest absolute Gasteiger partial charge is 0.485 e. The van der Waals surface area contributed by atoms with Crippen LogP contribution in [0.3, 0.4) is 0 Å². The van der Waals surface area contributed by atoms with E-state index in [9.17, 15) is 17.6 Å². The molecule has 0 aromatic heterocycles. The molecule has 0 aliphatic carbocycles. The van der Waals surface area contributed by atoms with Crippen molar-refractivity contribution in [2.24, 2.45) is 4.99 Å². The van der Waals surface area contributed by atoms with E-state index in [2.05, 4.69) is 4.99 Å². The summed E-state index contributed by atoms with van der Waals surface area (Å²) >= 11 is 0. The molecular formula is C5H6F4N2. The Kier molecular flexibility index (Phi) is 2.01. The first-order chi connectivity index (χ1) is 5.04. The van der Waals surface area contributed by atoms with Crippen LogP contribution in [0.1, 0.15) is 0 Å². The molecule has 0 radical (unpaired) electrons. The minimum absolute atomic E-state index is 0.0667. The second-order valence-electron chi connectivity index (χ2n) is 2.19. The summed E-state index contributed by atoms with van der Waals surface area (Å²) in [7, 11) is 0. The first-order valence-electron chi connectivity index (χ1n) is 2.97. The summed E-state index contributed by atoms with van der Waals surface area (Å²) in [6, 6.07) is -0.850. The molecule has 0 fully saturated rings. The minimum Gasteiger partial charge on any atom is -0.272 e. The Balaban J connectivity index is 2.50. The van der Waals surface area contributed by atoms with Gasteiger partial charge in [-0.3, -0.25) is 9.89 Å². The summed E-state index contributed by atoms with van der Waals surface area (Å²) in [6.45, 7) is -1.25. The van der Waals surface area contributed by atoms with Crippen molar-refractivity contribution in [1.82, 2.24) is 4.90 Å². The zero-order chi connectivity index (χ0) is 8.48. The molecule has 0 spiro atoms. The fraction of sp³-hybridized carbons (Fsp3) is 0.800. The lowest BCUT2D eigenvalue weighted by molar-refractivity contribution is -0.213. The maximum Gasteiger partial charge on any atom is 0.485 e. The molecule has 0 N–H and O–H groups in total. The normalized spacial score (nSPS) is 24.7. The minimum atomic E-state index is -4.42. The summed E-state index contributed by atoms with van der Waals surface area (Å²) in [6.07, 6.45) is -3.79. The SMILES string of the molecule is FCC1CN(C(F)(F)F)C=N1. The van der Waals surface area contributed by atoms with Gasteiger partial charge in [0.25, 0.3) is 0 Å². The van der Waals surface area contributed by atoms with Crippen molar-refractivity contribution < 1.29 is 17.6 Å². The topological polar surface area (TPSA) is 15.6 Å². The van der Waals surface area contributed by atoms with Crippen molar-refractivity contribution in [3.63, 3.8) is 0 Å². The highest BCUT2D eigenvalue weighted by Gasteiger charge is 2.39. The maximum atomic E-state index is 11.8. The van der Waals surface area contributed by atoms with Crippen LogP contribution in [0.5, 0.6) is 0 Å². The van der Waals surface area contributed by atoms with E-state index in [4.69, 9.17) is 0 Å². The van der Waals surface area contributed by atoms with Gasteiger partial charge in [-0.05, 0) is 0 Å². The second-order valence-corrected chi connectivity index (χ2v) is 2.19. The van der Waals surface area contributed by atoms with Crippen molar-refractivity contribution in [3.05, 3.63) is 0 Å². The lowest BCUT2D eigenvalue weighted by Crippen LogP contribution is -2.37. The Hall–Kier alpha value is -0.810.